The van der Waals surface area contributed by atoms with Gasteiger partial charge in [-0.1, -0.05) is 51.3 Å². The summed E-state index contributed by atoms with van der Waals surface area (Å²) in [7, 11) is 0. The first-order valence-corrected chi connectivity index (χ1v) is 10.5. The Morgan fingerprint density at radius 3 is 1.65 bits per heavy atom. The van der Waals surface area contributed by atoms with Gasteiger partial charge in [0.15, 0.2) is 0 Å². The van der Waals surface area contributed by atoms with E-state index in [1.54, 1.807) is 6.92 Å². The van der Waals surface area contributed by atoms with Crippen LogP contribution in [0.1, 0.15) is 44.0 Å². The second-order valence-electron chi connectivity index (χ2n) is 7.36. The average molecular weight is 458 g/mol. The molecule has 4 heterocycles. The molecule has 0 aromatic carbocycles. The van der Waals surface area contributed by atoms with Crippen LogP contribution in [0.25, 0.3) is 21.5 Å². The summed E-state index contributed by atoms with van der Waals surface area (Å²) in [6.07, 6.45) is 11.4. The van der Waals surface area contributed by atoms with E-state index in [1.807, 2.05) is 24.5 Å². The molecule has 0 N–H and O–H groups in total. The van der Waals surface area contributed by atoms with Gasteiger partial charge in [-0.05, 0) is 37.1 Å². The quantitative estimate of drug-likeness (QED) is 0.459. The molecule has 0 spiro atoms. The Bertz CT molecular complexity index is 707. The molecule has 4 atom stereocenters. The third-order valence-electron chi connectivity index (χ3n) is 5.18. The van der Waals surface area contributed by atoms with Crippen LogP contribution in [0.4, 0.5) is 0 Å². The van der Waals surface area contributed by atoms with Crippen LogP contribution in [0.2, 0.25) is 0 Å². The average Bonchev–Trinajstić information content (AvgIpc) is 3.40. The summed E-state index contributed by atoms with van der Waals surface area (Å²) in [5.41, 5.74) is 2.31. The minimum absolute atomic E-state index is 0. The fourth-order valence-electron chi connectivity index (χ4n) is 3.98. The molecule has 0 radical (unpaired) electrons. The summed E-state index contributed by atoms with van der Waals surface area (Å²) >= 11 is 0. The Morgan fingerprint density at radius 1 is 0.935 bits per heavy atom. The molecule has 31 heavy (non-hydrogen) atoms. The molecule has 0 saturated carbocycles. The number of rotatable bonds is 5. The van der Waals surface area contributed by atoms with Gasteiger partial charge < -0.3 is 21.5 Å². The van der Waals surface area contributed by atoms with Gasteiger partial charge in [0.2, 0.25) is 0 Å². The maximum Gasteiger partial charge on any atom is 4.00 e. The third kappa shape index (κ3) is 9.68. The fourth-order valence-corrected chi connectivity index (χ4v) is 3.98. The smallest absolute Gasteiger partial charge is 0.814 e. The Morgan fingerprint density at radius 2 is 1.32 bits per heavy atom. The van der Waals surface area contributed by atoms with Crippen LogP contribution in [0.3, 0.4) is 0 Å². The third-order valence-corrected chi connectivity index (χ3v) is 5.18. The zero-order valence-corrected chi connectivity index (χ0v) is 19.1. The summed E-state index contributed by atoms with van der Waals surface area (Å²) in [5.74, 6) is 1.50. The maximum atomic E-state index is 7.44. The van der Waals surface area contributed by atoms with Crippen LogP contribution in [0, 0.1) is 0 Å². The molecule has 0 aliphatic carbocycles. The van der Waals surface area contributed by atoms with Gasteiger partial charge in [-0.15, -0.1) is 12.1 Å². The van der Waals surface area contributed by atoms with Crippen molar-refractivity contribution in [3.8, 4) is 0 Å². The molecule has 7 heteroatoms. The first-order chi connectivity index (χ1) is 14.7. The molecule has 2 saturated heterocycles. The number of aromatic nitrogens is 2. The molecule has 0 amide bonds. The summed E-state index contributed by atoms with van der Waals surface area (Å²) < 4.78 is 0. The van der Waals surface area contributed by atoms with Crippen molar-refractivity contribution >= 4 is 12.1 Å². The van der Waals surface area contributed by atoms with E-state index < -0.39 is 0 Å². The van der Waals surface area contributed by atoms with Gasteiger partial charge in [0, 0.05) is 23.8 Å². The standard InChI is InChI=1S/C20H24N4.C2H4N.C2H2N.Fe/c1-3-11-21-15(5-1)13-17-7-9-19(23-17)20-10-8-18(24-20)14-16-6-2-4-12-22-16;2*1-2-3;/h1-6,11-12,17-20H,7-10,13-14H2;2H,1H3;1H2;/q-2;2*-1;+4/t17?,18?,19-,20-;;;/m0.../s1. The van der Waals surface area contributed by atoms with Crippen LogP contribution in [0.5, 0.6) is 0 Å². The minimum Gasteiger partial charge on any atom is -0.814 e. The Labute approximate surface area is 196 Å². The Kier molecular flexibility index (Phi) is 13.6. The van der Waals surface area contributed by atoms with Gasteiger partial charge in [0.1, 0.15) is 0 Å². The predicted octanol–water partition coefficient (Wildman–Crippen LogP) is 5.13. The monoisotopic (exact) mass is 458 g/mol. The van der Waals surface area contributed by atoms with Gasteiger partial charge in [-0.25, -0.2) is 6.21 Å². The normalized spacial score (nSPS) is 23.8. The van der Waals surface area contributed by atoms with Crippen molar-refractivity contribution < 1.29 is 17.1 Å². The zero-order chi connectivity index (χ0) is 21.6. The van der Waals surface area contributed by atoms with E-state index >= 15 is 0 Å². The molecule has 2 aromatic heterocycles. The molecule has 2 unspecified atom stereocenters. The molecule has 6 nitrogen and oxygen atoms in total. The van der Waals surface area contributed by atoms with Crippen molar-refractivity contribution in [2.24, 2.45) is 0 Å². The van der Waals surface area contributed by atoms with E-state index in [2.05, 4.69) is 40.8 Å². The first kappa shape index (κ1) is 26.9. The van der Waals surface area contributed by atoms with Gasteiger partial charge in [0.25, 0.3) is 0 Å². The molecule has 2 aliphatic heterocycles. The van der Waals surface area contributed by atoms with Crippen LogP contribution in [-0.2, 0) is 29.9 Å². The van der Waals surface area contributed by atoms with E-state index in [1.165, 1.54) is 31.6 Å². The predicted molar refractivity (Wildman–Crippen MR) is 125 cm³/mol. The van der Waals surface area contributed by atoms with Crippen LogP contribution in [-0.4, -0.2) is 46.2 Å². The van der Waals surface area contributed by atoms with Gasteiger partial charge >= 0.3 is 17.1 Å². The van der Waals surface area contributed by atoms with Crippen molar-refractivity contribution in [3.05, 3.63) is 88.2 Å². The van der Waals surface area contributed by atoms with E-state index in [0.717, 1.165) is 30.4 Å². The SMILES string of the molecule is C=C=[N-].CC=[N-].[Fe+4].c1ccc(CC2CC[C@@H]([C@@H]3CCC(Cc4ccccn4)[N-]3)[N-]2)nc1. The van der Waals surface area contributed by atoms with E-state index in [9.17, 15) is 0 Å². The zero-order valence-electron chi connectivity index (χ0n) is 18.0. The van der Waals surface area contributed by atoms with Gasteiger partial charge in [-0.2, -0.15) is 12.1 Å². The Balaban J connectivity index is 0.000000620. The second kappa shape index (κ2) is 15.6. The summed E-state index contributed by atoms with van der Waals surface area (Å²) in [5, 5.41) is 24.8. The molecule has 2 aliphatic rings. The number of pyridine rings is 2. The number of hydrogen-bond acceptors (Lipinski definition) is 2. The minimum atomic E-state index is 0. The molecule has 2 fully saturated rings. The van der Waals surface area contributed by atoms with Crippen LogP contribution >= 0.6 is 0 Å². The second-order valence-corrected chi connectivity index (χ2v) is 7.36. The van der Waals surface area contributed by atoms with Crippen LogP contribution < -0.4 is 0 Å². The molecule has 4 rings (SSSR count). The maximum absolute atomic E-state index is 7.44. The first-order valence-electron chi connectivity index (χ1n) is 10.5. The van der Waals surface area contributed by atoms with Crippen molar-refractivity contribution in [2.45, 2.75) is 69.6 Å². The summed E-state index contributed by atoms with van der Waals surface area (Å²) in [6, 6.07) is 14.0. The molecular formula is C24H30FeN6. The molecular weight excluding hydrogens is 428 g/mol. The van der Waals surface area contributed by atoms with E-state index in [-0.39, 0.29) is 17.1 Å². The number of hydrogen-bond donors (Lipinski definition) is 0. The topological polar surface area (TPSA) is 98.6 Å². The van der Waals surface area contributed by atoms with Gasteiger partial charge in [-0.3, -0.25) is 15.8 Å². The van der Waals surface area contributed by atoms with E-state index in [4.69, 9.17) is 21.5 Å². The Hall–Kier alpha value is -2.14. The van der Waals surface area contributed by atoms with Crippen molar-refractivity contribution in [1.82, 2.24) is 9.97 Å². The van der Waals surface area contributed by atoms with Gasteiger partial charge in [0.05, 0.1) is 0 Å². The molecule has 2 aromatic rings. The largest absolute Gasteiger partial charge is 4.00 e. The van der Waals surface area contributed by atoms with Crippen LogP contribution in [0.15, 0.2) is 55.4 Å². The van der Waals surface area contributed by atoms with Crippen molar-refractivity contribution in [3.63, 3.8) is 0 Å². The van der Waals surface area contributed by atoms with Crippen molar-refractivity contribution in [2.75, 3.05) is 0 Å². The summed E-state index contributed by atoms with van der Waals surface area (Å²) in [4.78, 5) is 8.87. The number of nitrogens with zero attached hydrogens (tertiary/aromatic N) is 6. The summed E-state index contributed by atoms with van der Waals surface area (Å²) in [6.45, 7) is 4.35. The van der Waals surface area contributed by atoms with Crippen molar-refractivity contribution in [1.29, 1.82) is 0 Å². The fraction of sp³-hybridized carbons (Fsp3) is 0.458. The molecule has 0 bridgehead atoms. The molecule has 164 valence electrons. The van der Waals surface area contributed by atoms with E-state index in [0.29, 0.717) is 24.2 Å².